The molecule has 160 valence electrons. The average molecular weight is 550 g/mol. The van der Waals surface area contributed by atoms with E-state index in [9.17, 15) is 18.0 Å². The summed E-state index contributed by atoms with van der Waals surface area (Å²) in [6.45, 7) is 2.20. The van der Waals surface area contributed by atoms with E-state index in [2.05, 4.69) is 43.3 Å². The molecule has 1 aliphatic rings. The molecular weight excluding hydrogens is 532 g/mol. The van der Waals surface area contributed by atoms with Crippen molar-refractivity contribution in [3.8, 4) is 0 Å². The molecule has 0 spiro atoms. The molecular formula is C21H18F3IO4S. The van der Waals surface area contributed by atoms with Crippen LogP contribution in [-0.4, -0.2) is 24.3 Å². The number of ketones is 1. The predicted octanol–water partition coefficient (Wildman–Crippen LogP) is 1.73. The van der Waals surface area contributed by atoms with Crippen molar-refractivity contribution in [3.05, 3.63) is 91.1 Å². The summed E-state index contributed by atoms with van der Waals surface area (Å²) in [5, 5.41) is 0. The minimum atomic E-state index is -6.09. The Hall–Kier alpha value is -1.98. The molecule has 1 aliphatic carbocycles. The molecule has 3 rings (SSSR count). The second kappa shape index (κ2) is 10.4. The highest BCUT2D eigenvalue weighted by atomic mass is 127. The quantitative estimate of drug-likeness (QED) is 0.191. The Morgan fingerprint density at radius 3 is 2.03 bits per heavy atom. The topological polar surface area (TPSA) is 74.3 Å². The largest absolute Gasteiger partial charge is 0.741 e. The number of allylic oxidation sites excluding steroid dienone is 4. The van der Waals surface area contributed by atoms with Gasteiger partial charge < -0.3 is 4.55 Å². The maximum Gasteiger partial charge on any atom is 0.485 e. The average Bonchev–Trinajstić information content (AvgIpc) is 2.69. The van der Waals surface area contributed by atoms with E-state index >= 15 is 0 Å². The minimum absolute atomic E-state index is 0.197. The summed E-state index contributed by atoms with van der Waals surface area (Å²) in [5.74, 6) is 0.562. The summed E-state index contributed by atoms with van der Waals surface area (Å²) in [4.78, 5) is 12.9. The van der Waals surface area contributed by atoms with E-state index in [0.717, 1.165) is 17.6 Å². The van der Waals surface area contributed by atoms with Crippen molar-refractivity contribution in [2.75, 3.05) is 0 Å². The predicted molar refractivity (Wildman–Crippen MR) is 102 cm³/mol. The third kappa shape index (κ3) is 6.78. The fourth-order valence-corrected chi connectivity index (χ4v) is 5.49. The van der Waals surface area contributed by atoms with E-state index in [1.54, 1.807) is 0 Å². The lowest BCUT2D eigenvalue weighted by Gasteiger charge is -2.13. The maximum atomic E-state index is 12.9. The Bertz CT molecular complexity index is 1030. The molecule has 0 radical (unpaired) electrons. The van der Waals surface area contributed by atoms with Crippen LogP contribution in [0.25, 0.3) is 0 Å². The van der Waals surface area contributed by atoms with Crippen LogP contribution >= 0.6 is 0 Å². The van der Waals surface area contributed by atoms with Gasteiger partial charge in [0.25, 0.3) is 0 Å². The van der Waals surface area contributed by atoms with Gasteiger partial charge in [0.15, 0.2) is 23.1 Å². The van der Waals surface area contributed by atoms with Gasteiger partial charge in [0.05, 0.1) is 5.57 Å². The third-order valence-corrected chi connectivity index (χ3v) is 8.10. The van der Waals surface area contributed by atoms with Crippen LogP contribution < -0.4 is 21.2 Å². The lowest BCUT2D eigenvalue weighted by molar-refractivity contribution is -0.582. The molecule has 0 heterocycles. The number of Topliss-reactive ketones (excluding diaryl/α,β-unsaturated/α-hetero) is 1. The number of alkyl halides is 3. The Morgan fingerprint density at radius 1 is 1.03 bits per heavy atom. The van der Waals surface area contributed by atoms with Crippen molar-refractivity contribution < 1.29 is 52.1 Å². The van der Waals surface area contributed by atoms with Crippen molar-refractivity contribution in [2.24, 2.45) is 5.92 Å². The van der Waals surface area contributed by atoms with Crippen molar-refractivity contribution in [1.29, 1.82) is 0 Å². The second-order valence-corrected chi connectivity index (χ2v) is 10.6. The monoisotopic (exact) mass is 550 g/mol. The standard InChI is InChI=1S/C20H18IO.CHF3O3S/c1-15-9-8-14-18(20(22)16-10-4-2-5-11-16)19(15)21-17-12-6-3-7-13-17;2-1(3,4)8(5,6)7/h2-13,15H,14H2,1H3;(H,5,6,7)/q+1;/p-1. The summed E-state index contributed by atoms with van der Waals surface area (Å²) in [6, 6.07) is 20.2. The van der Waals surface area contributed by atoms with E-state index in [1.165, 1.54) is 7.15 Å². The lowest BCUT2D eigenvalue weighted by atomic mass is 9.93. The number of halogens is 4. The second-order valence-electron chi connectivity index (χ2n) is 6.23. The molecule has 0 aliphatic heterocycles. The fourth-order valence-electron chi connectivity index (χ4n) is 2.55. The zero-order valence-corrected chi connectivity index (χ0v) is 18.7. The van der Waals surface area contributed by atoms with Crippen molar-refractivity contribution in [1.82, 2.24) is 0 Å². The van der Waals surface area contributed by atoms with Crippen LogP contribution in [-0.2, 0) is 10.1 Å². The first-order chi connectivity index (χ1) is 14.0. The number of carbonyl (C=O) groups excluding carboxylic acids is 1. The first kappa shape index (κ1) is 24.3. The van der Waals surface area contributed by atoms with Crippen molar-refractivity contribution in [3.63, 3.8) is 0 Å². The van der Waals surface area contributed by atoms with Gasteiger partial charge in [-0.3, -0.25) is 4.79 Å². The van der Waals surface area contributed by atoms with Gasteiger partial charge in [-0.05, 0) is 18.6 Å². The van der Waals surface area contributed by atoms with Crippen LogP contribution in [0.3, 0.4) is 0 Å². The third-order valence-electron chi connectivity index (χ3n) is 3.97. The van der Waals surface area contributed by atoms with E-state index in [0.29, 0.717) is 5.92 Å². The number of hydrogen-bond acceptors (Lipinski definition) is 4. The molecule has 0 aromatic heterocycles. The molecule has 0 fully saturated rings. The van der Waals surface area contributed by atoms with Crippen LogP contribution in [0.4, 0.5) is 13.2 Å². The van der Waals surface area contributed by atoms with Gasteiger partial charge in [-0.2, -0.15) is 13.2 Å². The molecule has 2 aromatic rings. The molecule has 0 amide bonds. The van der Waals surface area contributed by atoms with Crippen molar-refractivity contribution in [2.45, 2.75) is 18.9 Å². The molecule has 4 nitrogen and oxygen atoms in total. The van der Waals surface area contributed by atoms with Crippen LogP contribution in [0.1, 0.15) is 23.7 Å². The molecule has 9 heteroatoms. The molecule has 30 heavy (non-hydrogen) atoms. The van der Waals surface area contributed by atoms with Gasteiger partial charge in [0, 0.05) is 11.5 Å². The Kier molecular flexibility index (Phi) is 8.39. The van der Waals surface area contributed by atoms with E-state index in [1.807, 2.05) is 36.4 Å². The molecule has 2 aromatic carbocycles. The van der Waals surface area contributed by atoms with Crippen LogP contribution in [0.5, 0.6) is 0 Å². The summed E-state index contributed by atoms with van der Waals surface area (Å²) < 4.78 is 61.6. The number of carbonyl (C=O) groups is 1. The Labute approximate surface area is 183 Å². The van der Waals surface area contributed by atoms with Gasteiger partial charge in [0.1, 0.15) is 0 Å². The summed E-state index contributed by atoms with van der Waals surface area (Å²) in [5.41, 5.74) is -3.83. The summed E-state index contributed by atoms with van der Waals surface area (Å²) in [6.07, 6.45) is 5.14. The van der Waals surface area contributed by atoms with E-state index in [4.69, 9.17) is 13.0 Å². The maximum absolute atomic E-state index is 12.9. The fraction of sp³-hybridized carbons (Fsp3) is 0.190. The molecule has 0 N–H and O–H groups in total. The lowest BCUT2D eigenvalue weighted by Crippen LogP contribution is -3.61. The van der Waals surface area contributed by atoms with Crippen molar-refractivity contribution >= 4 is 15.9 Å². The number of hydrogen-bond donors (Lipinski definition) is 0. The zero-order valence-electron chi connectivity index (χ0n) is 15.8. The van der Waals surface area contributed by atoms with Gasteiger partial charge in [-0.15, -0.1) is 0 Å². The summed E-state index contributed by atoms with van der Waals surface area (Å²) in [7, 11) is -6.09. The highest BCUT2D eigenvalue weighted by Gasteiger charge is 2.37. The molecule has 0 saturated heterocycles. The van der Waals surface area contributed by atoms with Crippen LogP contribution in [0.15, 0.2) is 82.0 Å². The molecule has 0 saturated carbocycles. The Morgan fingerprint density at radius 2 is 1.53 bits per heavy atom. The molecule has 1 atom stereocenters. The van der Waals surface area contributed by atoms with Gasteiger partial charge in [0.2, 0.25) is 0 Å². The first-order valence-electron chi connectivity index (χ1n) is 8.72. The smallest absolute Gasteiger partial charge is 0.485 e. The van der Waals surface area contributed by atoms with Crippen LogP contribution in [0.2, 0.25) is 0 Å². The van der Waals surface area contributed by atoms with E-state index < -0.39 is 15.6 Å². The number of benzene rings is 2. The van der Waals surface area contributed by atoms with Gasteiger partial charge in [-0.25, -0.2) is 8.42 Å². The number of rotatable bonds is 4. The summed E-state index contributed by atoms with van der Waals surface area (Å²) >= 11 is -0.293. The van der Waals surface area contributed by atoms with E-state index in [-0.39, 0.29) is 27.0 Å². The molecule has 1 unspecified atom stereocenters. The SMILES string of the molecule is CC1C=CCC(C(=O)c2ccccc2)=C1[I+]c1ccccc1.O=S(=O)([O-])C(F)(F)F. The minimum Gasteiger partial charge on any atom is -0.741 e. The first-order valence-corrected chi connectivity index (χ1v) is 12.3. The highest BCUT2D eigenvalue weighted by molar-refractivity contribution is 7.86. The van der Waals surface area contributed by atoms with Gasteiger partial charge in [-0.1, -0.05) is 67.6 Å². The van der Waals surface area contributed by atoms with Gasteiger partial charge >= 0.3 is 26.7 Å². The molecule has 0 bridgehead atoms. The van der Waals surface area contributed by atoms with Crippen LogP contribution in [0, 0.1) is 9.49 Å². The normalized spacial score (nSPS) is 16.6. The zero-order chi connectivity index (χ0) is 22.4. The Balaban J connectivity index is 0.000000343. The highest BCUT2D eigenvalue weighted by Crippen LogP contribution is 2.23.